The summed E-state index contributed by atoms with van der Waals surface area (Å²) in [5.41, 5.74) is 0.259. The highest BCUT2D eigenvalue weighted by Gasteiger charge is 2.26. The van der Waals surface area contributed by atoms with E-state index in [1.807, 2.05) is 13.8 Å². The van der Waals surface area contributed by atoms with Gasteiger partial charge in [0.15, 0.2) is 0 Å². The van der Waals surface area contributed by atoms with Gasteiger partial charge in [-0.2, -0.15) is 0 Å². The quantitative estimate of drug-likeness (QED) is 0.704. The Balaban J connectivity index is 2.15. The Labute approximate surface area is 159 Å². The summed E-state index contributed by atoms with van der Waals surface area (Å²) < 4.78 is 15.8. The number of carbonyl (C=O) groups is 2. The standard InChI is InChI=1S/C20H26N2O5/c1-13(2)11-15(19(23)21-12-14-7-6-10-27-14)22-20(24)18-16(25-3)8-5-9-17(18)26-4/h5-10,13,15H,11-12H2,1-4H3,(H,21,23)(H,22,24)/t15-/m0/s1. The summed E-state index contributed by atoms with van der Waals surface area (Å²) >= 11 is 0. The Morgan fingerprint density at radius 1 is 1.07 bits per heavy atom. The molecule has 27 heavy (non-hydrogen) atoms. The van der Waals surface area contributed by atoms with Crippen LogP contribution in [0.15, 0.2) is 41.0 Å². The van der Waals surface area contributed by atoms with Crippen molar-refractivity contribution in [3.05, 3.63) is 47.9 Å². The van der Waals surface area contributed by atoms with Crippen LogP contribution in [-0.4, -0.2) is 32.1 Å². The summed E-state index contributed by atoms with van der Waals surface area (Å²) in [6, 6.07) is 7.91. The molecule has 0 aliphatic heterocycles. The molecule has 1 atom stereocenters. The van der Waals surface area contributed by atoms with Gasteiger partial charge in [0.05, 0.1) is 27.0 Å². The lowest BCUT2D eigenvalue weighted by atomic mass is 10.0. The fourth-order valence-electron chi connectivity index (χ4n) is 2.72. The third-order valence-electron chi connectivity index (χ3n) is 4.00. The van der Waals surface area contributed by atoms with E-state index in [-0.39, 0.29) is 23.9 Å². The molecule has 0 fully saturated rings. The first-order chi connectivity index (χ1) is 13.0. The number of hydrogen-bond donors (Lipinski definition) is 2. The molecule has 2 N–H and O–H groups in total. The largest absolute Gasteiger partial charge is 0.496 e. The lowest BCUT2D eigenvalue weighted by Crippen LogP contribution is -2.47. The highest BCUT2D eigenvalue weighted by molar-refractivity contribution is 6.02. The Morgan fingerprint density at radius 3 is 2.26 bits per heavy atom. The smallest absolute Gasteiger partial charge is 0.259 e. The maximum absolute atomic E-state index is 12.9. The van der Waals surface area contributed by atoms with Gasteiger partial charge in [0.2, 0.25) is 5.91 Å². The third kappa shape index (κ3) is 5.51. The number of rotatable bonds is 9. The Bertz CT molecular complexity index is 733. The summed E-state index contributed by atoms with van der Waals surface area (Å²) in [6.45, 7) is 4.24. The fourth-order valence-corrected chi connectivity index (χ4v) is 2.72. The number of benzene rings is 1. The van der Waals surface area contributed by atoms with Gasteiger partial charge in [0.1, 0.15) is 28.9 Å². The van der Waals surface area contributed by atoms with Crippen molar-refractivity contribution < 1.29 is 23.5 Å². The van der Waals surface area contributed by atoms with Gasteiger partial charge in [0.25, 0.3) is 5.91 Å². The Hall–Kier alpha value is -2.96. The second-order valence-electron chi connectivity index (χ2n) is 6.49. The van der Waals surface area contributed by atoms with Crippen molar-refractivity contribution in [3.8, 4) is 11.5 Å². The molecule has 0 unspecified atom stereocenters. The number of ether oxygens (including phenoxy) is 2. The molecule has 0 aliphatic carbocycles. The van der Waals surface area contributed by atoms with E-state index in [0.29, 0.717) is 23.7 Å². The van der Waals surface area contributed by atoms with Crippen molar-refractivity contribution in [1.29, 1.82) is 0 Å². The number of methoxy groups -OCH3 is 2. The highest BCUT2D eigenvalue weighted by Crippen LogP contribution is 2.28. The number of carbonyl (C=O) groups excluding carboxylic acids is 2. The molecule has 7 nitrogen and oxygen atoms in total. The maximum Gasteiger partial charge on any atom is 0.259 e. The van der Waals surface area contributed by atoms with Gasteiger partial charge < -0.3 is 24.5 Å². The molecular formula is C20H26N2O5. The molecule has 7 heteroatoms. The van der Waals surface area contributed by atoms with Crippen LogP contribution in [0.5, 0.6) is 11.5 Å². The lowest BCUT2D eigenvalue weighted by Gasteiger charge is -2.21. The van der Waals surface area contributed by atoms with Crippen molar-refractivity contribution in [2.45, 2.75) is 32.9 Å². The lowest BCUT2D eigenvalue weighted by molar-refractivity contribution is -0.123. The van der Waals surface area contributed by atoms with Gasteiger partial charge in [-0.3, -0.25) is 9.59 Å². The molecule has 2 rings (SSSR count). The van der Waals surface area contributed by atoms with Crippen LogP contribution < -0.4 is 20.1 Å². The van der Waals surface area contributed by atoms with Crippen LogP contribution in [0.1, 0.15) is 36.4 Å². The first kappa shape index (κ1) is 20.4. The Morgan fingerprint density at radius 2 is 1.74 bits per heavy atom. The molecule has 0 radical (unpaired) electrons. The summed E-state index contributed by atoms with van der Waals surface area (Å²) in [5.74, 6) is 0.913. The molecule has 1 aromatic heterocycles. The maximum atomic E-state index is 12.9. The number of nitrogens with one attached hydrogen (secondary N) is 2. The third-order valence-corrected chi connectivity index (χ3v) is 4.00. The highest BCUT2D eigenvalue weighted by atomic mass is 16.5. The van der Waals surface area contributed by atoms with Crippen molar-refractivity contribution in [2.75, 3.05) is 14.2 Å². The van der Waals surface area contributed by atoms with Gasteiger partial charge in [-0.1, -0.05) is 19.9 Å². The normalized spacial score (nSPS) is 11.7. The summed E-state index contributed by atoms with van der Waals surface area (Å²) in [4.78, 5) is 25.5. The molecule has 0 saturated carbocycles. The first-order valence-electron chi connectivity index (χ1n) is 8.78. The average Bonchev–Trinajstić information content (AvgIpc) is 3.17. The molecule has 1 heterocycles. The zero-order valence-electron chi connectivity index (χ0n) is 16.1. The van der Waals surface area contributed by atoms with Crippen LogP contribution in [0.4, 0.5) is 0 Å². The SMILES string of the molecule is COc1cccc(OC)c1C(=O)N[C@@H](CC(C)C)C(=O)NCc1ccco1. The summed E-state index contributed by atoms with van der Waals surface area (Å²) in [7, 11) is 2.96. The van der Waals surface area contributed by atoms with E-state index in [0.717, 1.165) is 0 Å². The van der Waals surface area contributed by atoms with Gasteiger partial charge in [-0.05, 0) is 36.6 Å². The fraction of sp³-hybridized carbons (Fsp3) is 0.400. The second-order valence-corrected chi connectivity index (χ2v) is 6.49. The minimum absolute atomic E-state index is 0.212. The van der Waals surface area contributed by atoms with Gasteiger partial charge in [-0.25, -0.2) is 0 Å². The van der Waals surface area contributed by atoms with Gasteiger partial charge in [0, 0.05) is 0 Å². The average molecular weight is 374 g/mol. The van der Waals surface area contributed by atoms with Crippen molar-refractivity contribution >= 4 is 11.8 Å². The topological polar surface area (TPSA) is 89.8 Å². The zero-order chi connectivity index (χ0) is 19.8. The Kier molecular flexibility index (Phi) is 7.28. The van der Waals surface area contributed by atoms with Crippen molar-refractivity contribution in [3.63, 3.8) is 0 Å². The summed E-state index contributed by atoms with van der Waals surface area (Å²) in [6.07, 6.45) is 2.04. The van der Waals surface area contributed by atoms with E-state index in [1.54, 1.807) is 36.6 Å². The predicted molar refractivity (Wildman–Crippen MR) is 101 cm³/mol. The molecule has 0 saturated heterocycles. The molecule has 0 bridgehead atoms. The van der Waals surface area contributed by atoms with Crippen LogP contribution in [0.25, 0.3) is 0 Å². The van der Waals surface area contributed by atoms with Crippen LogP contribution in [0, 0.1) is 5.92 Å². The van der Waals surface area contributed by atoms with Crippen LogP contribution in [-0.2, 0) is 11.3 Å². The molecule has 0 spiro atoms. The van der Waals surface area contributed by atoms with E-state index in [1.165, 1.54) is 14.2 Å². The minimum atomic E-state index is -0.693. The molecule has 1 aromatic carbocycles. The molecule has 0 aliphatic rings. The monoisotopic (exact) mass is 374 g/mol. The summed E-state index contributed by atoms with van der Waals surface area (Å²) in [5, 5.41) is 5.60. The van der Waals surface area contributed by atoms with E-state index in [9.17, 15) is 9.59 Å². The first-order valence-corrected chi connectivity index (χ1v) is 8.78. The van der Waals surface area contributed by atoms with E-state index in [4.69, 9.17) is 13.9 Å². The molecule has 2 amide bonds. The molecule has 146 valence electrons. The molecule has 2 aromatic rings. The van der Waals surface area contributed by atoms with E-state index >= 15 is 0 Å². The zero-order valence-corrected chi connectivity index (χ0v) is 16.1. The minimum Gasteiger partial charge on any atom is -0.496 e. The number of amides is 2. The number of hydrogen-bond acceptors (Lipinski definition) is 5. The van der Waals surface area contributed by atoms with Crippen LogP contribution >= 0.6 is 0 Å². The predicted octanol–water partition coefficient (Wildman–Crippen LogP) is 2.76. The van der Waals surface area contributed by atoms with Crippen LogP contribution in [0.3, 0.4) is 0 Å². The van der Waals surface area contributed by atoms with Gasteiger partial charge >= 0.3 is 0 Å². The van der Waals surface area contributed by atoms with Crippen molar-refractivity contribution in [1.82, 2.24) is 10.6 Å². The van der Waals surface area contributed by atoms with Crippen LogP contribution in [0.2, 0.25) is 0 Å². The van der Waals surface area contributed by atoms with Crippen molar-refractivity contribution in [2.24, 2.45) is 5.92 Å². The second kappa shape index (κ2) is 9.66. The van der Waals surface area contributed by atoms with E-state index in [2.05, 4.69) is 10.6 Å². The number of furan rings is 1. The van der Waals surface area contributed by atoms with E-state index < -0.39 is 11.9 Å². The molecular weight excluding hydrogens is 348 g/mol. The van der Waals surface area contributed by atoms with Gasteiger partial charge in [-0.15, -0.1) is 0 Å².